The van der Waals surface area contributed by atoms with Crippen LogP contribution in [0.1, 0.15) is 48.1 Å². The molecule has 2 aliphatic rings. The van der Waals surface area contributed by atoms with E-state index in [2.05, 4.69) is 41.1 Å². The van der Waals surface area contributed by atoms with Crippen molar-refractivity contribution >= 4 is 42.7 Å². The zero-order chi connectivity index (χ0) is 31.1. The molecule has 43 heavy (non-hydrogen) atoms. The second-order valence-corrected chi connectivity index (χ2v) is 11.2. The molecule has 1 fully saturated rings. The Bertz CT molecular complexity index is 1500. The third-order valence-electron chi connectivity index (χ3n) is 6.53. The monoisotopic (exact) mass is 619 g/mol. The number of fused-ring (bicyclic) bond motifs is 1. The van der Waals surface area contributed by atoms with Crippen LogP contribution in [0, 0.1) is 5.92 Å². The van der Waals surface area contributed by atoms with Gasteiger partial charge in [-0.1, -0.05) is 24.3 Å². The van der Waals surface area contributed by atoms with Crippen molar-refractivity contribution in [1.29, 1.82) is 0 Å². The lowest BCUT2D eigenvalue weighted by Gasteiger charge is -2.13. The fraction of sp³-hybridized carbons (Fsp3) is 0.423. The highest BCUT2D eigenvalue weighted by molar-refractivity contribution is 7.46. The Balaban J connectivity index is 0.000000197. The maximum atomic E-state index is 11.2. The van der Waals surface area contributed by atoms with E-state index in [0.717, 1.165) is 36.2 Å². The van der Waals surface area contributed by atoms with Crippen LogP contribution in [0.2, 0.25) is 0 Å². The molecule has 2 heterocycles. The molecule has 7 N–H and O–H groups in total. The second kappa shape index (κ2) is 14.0. The number of phosphoric acid groups is 1. The van der Waals surface area contributed by atoms with Crippen molar-refractivity contribution in [2.45, 2.75) is 50.9 Å². The zero-order valence-corrected chi connectivity index (χ0v) is 24.4. The average Bonchev–Trinajstić information content (AvgIpc) is 3.47. The van der Waals surface area contributed by atoms with Gasteiger partial charge in [0.1, 0.15) is 6.04 Å². The molecule has 1 saturated carbocycles. The number of nitrogens with zero attached hydrogens (tertiary/aromatic N) is 4. The molecule has 2 aromatic heterocycles. The first kappa shape index (κ1) is 32.0. The molecule has 5 rings (SSSR count). The van der Waals surface area contributed by atoms with Crippen LogP contribution in [0.4, 0.5) is 11.8 Å². The number of carbonyl (C=O) groups is 2. The predicted octanol–water partition coefficient (Wildman–Crippen LogP) is 1.61. The molecule has 0 radical (unpaired) electrons. The third-order valence-corrected chi connectivity index (χ3v) is 6.95. The highest BCUT2D eigenvalue weighted by atomic mass is 31.2. The van der Waals surface area contributed by atoms with Crippen LogP contribution in [0.5, 0.6) is 0 Å². The number of nitrogen functional groups attached to an aromatic ring is 1. The number of nitrogens with one attached hydrogen (secondary N) is 2. The van der Waals surface area contributed by atoms with Crippen LogP contribution in [-0.2, 0) is 30.1 Å². The van der Waals surface area contributed by atoms with Crippen LogP contribution in [0.15, 0.2) is 42.7 Å². The summed E-state index contributed by atoms with van der Waals surface area (Å²) in [7, 11) is -3.59. The highest BCUT2D eigenvalue weighted by Crippen LogP contribution is 2.36. The lowest BCUT2D eigenvalue weighted by atomic mass is 10.1. The Kier molecular flexibility index (Phi) is 10.4. The van der Waals surface area contributed by atoms with Gasteiger partial charge in [0.2, 0.25) is 5.95 Å². The van der Waals surface area contributed by atoms with Gasteiger partial charge in [0.05, 0.1) is 31.6 Å². The van der Waals surface area contributed by atoms with Crippen LogP contribution in [0.25, 0.3) is 11.2 Å². The van der Waals surface area contributed by atoms with Crippen molar-refractivity contribution in [3.63, 3.8) is 0 Å². The van der Waals surface area contributed by atoms with E-state index in [9.17, 15) is 19.3 Å². The molecular weight excluding hydrogens is 585 g/mol. The number of nitrogens with two attached hydrogens (primary N) is 1. The van der Waals surface area contributed by atoms with Gasteiger partial charge in [0.15, 0.2) is 17.0 Å². The van der Waals surface area contributed by atoms with Gasteiger partial charge in [-0.3, -0.25) is 14.6 Å². The number of ether oxygens (including phenoxy) is 1. The minimum Gasteiger partial charge on any atom is -0.465 e. The summed E-state index contributed by atoms with van der Waals surface area (Å²) >= 11 is 0. The number of rotatable bonds is 11. The van der Waals surface area contributed by atoms with E-state index in [1.165, 1.54) is 14.0 Å². The molecule has 0 spiro atoms. The van der Waals surface area contributed by atoms with Gasteiger partial charge in [-0.05, 0) is 43.9 Å². The average molecular weight is 620 g/mol. The molecule has 2 aliphatic carbocycles. The molecule has 0 bridgehead atoms. The van der Waals surface area contributed by atoms with Crippen molar-refractivity contribution in [2.24, 2.45) is 5.92 Å². The molecule has 1 aromatic carbocycles. The number of methoxy groups -OCH3 is 1. The van der Waals surface area contributed by atoms with Gasteiger partial charge in [-0.25, -0.2) is 19.1 Å². The van der Waals surface area contributed by atoms with Crippen LogP contribution < -0.4 is 16.5 Å². The van der Waals surface area contributed by atoms with Gasteiger partial charge >= 0.3 is 19.8 Å². The Labute approximate surface area is 246 Å². The second-order valence-electron chi connectivity index (χ2n) is 10.0. The van der Waals surface area contributed by atoms with Crippen molar-refractivity contribution in [3.8, 4) is 0 Å². The van der Waals surface area contributed by atoms with Gasteiger partial charge in [0.25, 0.3) is 0 Å². The van der Waals surface area contributed by atoms with Gasteiger partial charge < -0.3 is 30.0 Å². The maximum absolute atomic E-state index is 11.2. The predicted molar refractivity (Wildman–Crippen MR) is 153 cm³/mol. The molecular formula is C26H34N7O9P. The van der Waals surface area contributed by atoms with E-state index < -0.39 is 25.8 Å². The largest absolute Gasteiger partial charge is 0.527 e. The van der Waals surface area contributed by atoms with E-state index in [1.807, 2.05) is 10.6 Å². The SMILES string of the molecule is COC(=O)c1ccc(CON[C@@H](C)C(=O)OP(=O)(O)O)cc1.Nc1nc(NC2CC2)c2ncn([C@H]3C=C[C@@H](CO)C3)c2n1. The normalized spacial score (nSPS) is 18.5. The molecule has 16 nitrogen and oxygen atoms in total. The lowest BCUT2D eigenvalue weighted by Crippen LogP contribution is -2.34. The quantitative estimate of drug-likeness (QED) is 0.0774. The third kappa shape index (κ3) is 9.03. The fourth-order valence-corrected chi connectivity index (χ4v) is 4.53. The first-order chi connectivity index (χ1) is 20.5. The van der Waals surface area contributed by atoms with E-state index in [-0.39, 0.29) is 31.1 Å². The summed E-state index contributed by atoms with van der Waals surface area (Å²) in [5, 5.41) is 12.6. The Morgan fingerprint density at radius 1 is 1.19 bits per heavy atom. The number of imidazole rings is 1. The maximum Gasteiger partial charge on any atom is 0.527 e. The molecule has 0 amide bonds. The highest BCUT2D eigenvalue weighted by Gasteiger charge is 2.27. The number of benzene rings is 1. The topological polar surface area (TPSA) is 233 Å². The molecule has 0 aliphatic heterocycles. The van der Waals surface area contributed by atoms with E-state index in [0.29, 0.717) is 17.2 Å². The summed E-state index contributed by atoms with van der Waals surface area (Å²) in [5.41, 5.74) is 10.7. The number of carbonyl (C=O) groups excluding carboxylic acids is 2. The van der Waals surface area contributed by atoms with Crippen molar-refractivity contribution in [1.82, 2.24) is 25.0 Å². The van der Waals surface area contributed by atoms with Crippen LogP contribution in [0.3, 0.4) is 0 Å². The number of aromatic nitrogens is 4. The fourth-order valence-electron chi connectivity index (χ4n) is 4.14. The van der Waals surface area contributed by atoms with Crippen molar-refractivity contribution in [2.75, 3.05) is 24.8 Å². The van der Waals surface area contributed by atoms with Gasteiger partial charge in [-0.15, -0.1) is 0 Å². The van der Waals surface area contributed by atoms with E-state index >= 15 is 0 Å². The molecule has 0 saturated heterocycles. The van der Waals surface area contributed by atoms with Crippen LogP contribution >= 0.6 is 7.82 Å². The zero-order valence-electron chi connectivity index (χ0n) is 23.5. The summed E-state index contributed by atoms with van der Waals surface area (Å²) in [4.78, 5) is 57.6. The number of aliphatic hydroxyl groups is 1. The molecule has 232 valence electrons. The number of hydroxylamine groups is 1. The number of phosphoric ester groups is 1. The van der Waals surface area contributed by atoms with Gasteiger partial charge in [-0.2, -0.15) is 15.4 Å². The molecule has 17 heteroatoms. The summed E-state index contributed by atoms with van der Waals surface area (Å²) in [5.74, 6) is -0.419. The molecule has 3 atom stereocenters. The summed E-state index contributed by atoms with van der Waals surface area (Å²) in [6, 6.07) is 5.94. The van der Waals surface area contributed by atoms with Gasteiger partial charge in [0, 0.05) is 18.6 Å². The summed E-state index contributed by atoms with van der Waals surface area (Å²) in [6.07, 6.45) is 9.10. The van der Waals surface area contributed by atoms with Crippen molar-refractivity contribution < 1.29 is 43.1 Å². The van der Waals surface area contributed by atoms with Crippen LogP contribution in [-0.4, -0.2) is 72.2 Å². The number of hydrogen-bond acceptors (Lipinski definition) is 13. The number of esters is 1. The standard InChI is InChI=1S/C14H18N6O.C12H16NO8P/c15-14-18-12(17-9-2-3-9)11-13(19-14)20(7-16-11)10-4-1-8(5-10)6-21;1-8(11(14)21-22(16,17)18)13-20-7-9-3-5-10(6-4-9)12(15)19-2/h1,4,7-10,21H,2-3,5-6H2,(H3,15,17,18,19);3-6,8,13H,7H2,1-2H3,(H2,16,17,18)/t8-,10+;8-/m10/s1. The first-order valence-corrected chi connectivity index (χ1v) is 14.9. The summed E-state index contributed by atoms with van der Waals surface area (Å²) < 4.78 is 21.0. The smallest absolute Gasteiger partial charge is 0.465 e. The number of hydrogen-bond donors (Lipinski definition) is 6. The number of aliphatic hydroxyl groups excluding tert-OH is 1. The summed E-state index contributed by atoms with van der Waals surface area (Å²) in [6.45, 7) is 1.55. The van der Waals surface area contributed by atoms with E-state index in [4.69, 9.17) is 20.4 Å². The number of allylic oxidation sites excluding steroid dienone is 1. The van der Waals surface area contributed by atoms with E-state index in [1.54, 1.807) is 30.6 Å². The minimum absolute atomic E-state index is 0.0645. The minimum atomic E-state index is -4.87. The first-order valence-electron chi connectivity index (χ1n) is 13.4. The Morgan fingerprint density at radius 3 is 2.51 bits per heavy atom. The number of anilines is 2. The molecule has 0 unspecified atom stereocenters. The lowest BCUT2D eigenvalue weighted by molar-refractivity contribution is -0.142. The van der Waals surface area contributed by atoms with Crippen molar-refractivity contribution in [3.05, 3.63) is 53.9 Å². The Hall–Kier alpha value is -3.92. The Morgan fingerprint density at radius 2 is 1.91 bits per heavy atom. The molecule has 3 aromatic rings.